The molecule has 1 nitrogen and oxygen atoms in total. The van der Waals surface area contributed by atoms with Crippen molar-refractivity contribution in [1.29, 1.82) is 0 Å². The minimum absolute atomic E-state index is 1.06. The molecule has 190 valence electrons. The standard InChI is InChI=1S/C37H30IN/c1-2-3-4-5-6-22-39-34-20-11-25(23-32(34)33-24-30(38)18-21-35(33)39)10-12-26-13-14-29-16-15-27-8-7-9-28-17-19-31(26)37(29)36(27)28/h7-9,11,13-21,23-24H,2-6,22H2,1H3. The highest BCUT2D eigenvalue weighted by Gasteiger charge is 2.12. The quantitative estimate of drug-likeness (QED) is 0.0759. The molecule has 0 atom stereocenters. The Morgan fingerprint density at radius 2 is 1.31 bits per heavy atom. The highest BCUT2D eigenvalue weighted by atomic mass is 127. The van der Waals surface area contributed by atoms with Gasteiger partial charge in [-0.25, -0.2) is 0 Å². The highest BCUT2D eigenvalue weighted by molar-refractivity contribution is 14.1. The van der Waals surface area contributed by atoms with Gasteiger partial charge in [0.1, 0.15) is 0 Å². The lowest BCUT2D eigenvalue weighted by Crippen LogP contribution is -1.97. The number of nitrogens with zero attached hydrogens (tertiary/aromatic N) is 1. The SMILES string of the molecule is CCCCCCCn1c2ccc(I)cc2c2cc(C#Cc3ccc4ccc5cccc6ccc3c4c56)ccc21. The van der Waals surface area contributed by atoms with Crippen LogP contribution in [0.2, 0.25) is 0 Å². The summed E-state index contributed by atoms with van der Waals surface area (Å²) in [5.74, 6) is 7.06. The van der Waals surface area contributed by atoms with Crippen LogP contribution in [-0.2, 0) is 6.54 Å². The molecule has 0 saturated carbocycles. The zero-order valence-corrected chi connectivity index (χ0v) is 24.4. The van der Waals surface area contributed by atoms with Gasteiger partial charge in [0, 0.05) is 43.0 Å². The Morgan fingerprint density at radius 1 is 0.615 bits per heavy atom. The third kappa shape index (κ3) is 4.34. The van der Waals surface area contributed by atoms with Crippen molar-refractivity contribution in [3.05, 3.63) is 106 Å². The molecular formula is C37H30IN. The predicted molar refractivity (Wildman–Crippen MR) is 177 cm³/mol. The first-order valence-electron chi connectivity index (χ1n) is 14.1. The molecule has 0 aliphatic carbocycles. The van der Waals surface area contributed by atoms with E-state index < -0.39 is 0 Å². The fourth-order valence-corrected chi connectivity index (χ4v) is 6.74. The first-order valence-corrected chi connectivity index (χ1v) is 15.2. The van der Waals surface area contributed by atoms with Crippen molar-refractivity contribution in [2.24, 2.45) is 0 Å². The summed E-state index contributed by atoms with van der Waals surface area (Å²) in [5, 5.41) is 10.4. The van der Waals surface area contributed by atoms with E-state index in [-0.39, 0.29) is 0 Å². The number of unbranched alkanes of at least 4 members (excludes halogenated alkanes) is 4. The Hall–Kier alpha value is -3.55. The number of aromatic nitrogens is 1. The smallest absolute Gasteiger partial charge is 0.0492 e. The molecule has 7 aromatic rings. The predicted octanol–water partition coefficient (Wildman–Crippen LogP) is 10.7. The number of aryl methyl sites for hydroxylation is 1. The number of hydrogen-bond donors (Lipinski definition) is 0. The minimum atomic E-state index is 1.06. The summed E-state index contributed by atoms with van der Waals surface area (Å²) >= 11 is 2.43. The molecule has 0 amide bonds. The van der Waals surface area contributed by atoms with Crippen molar-refractivity contribution < 1.29 is 0 Å². The largest absolute Gasteiger partial charge is 0.340 e. The fourth-order valence-electron chi connectivity index (χ4n) is 6.25. The van der Waals surface area contributed by atoms with Gasteiger partial charge in [0.05, 0.1) is 0 Å². The first kappa shape index (κ1) is 24.5. The van der Waals surface area contributed by atoms with Gasteiger partial charge in [0.2, 0.25) is 0 Å². The van der Waals surface area contributed by atoms with Crippen LogP contribution in [-0.4, -0.2) is 4.57 Å². The molecule has 0 saturated heterocycles. The van der Waals surface area contributed by atoms with Crippen LogP contribution in [0.3, 0.4) is 0 Å². The fraction of sp³-hybridized carbons (Fsp3) is 0.189. The summed E-state index contributed by atoms with van der Waals surface area (Å²) in [5.41, 5.74) is 4.80. The van der Waals surface area contributed by atoms with Gasteiger partial charge in [-0.2, -0.15) is 0 Å². The summed E-state index contributed by atoms with van der Waals surface area (Å²) in [4.78, 5) is 0. The Balaban J connectivity index is 1.31. The third-order valence-corrected chi connectivity index (χ3v) is 8.85. The summed E-state index contributed by atoms with van der Waals surface area (Å²) in [6.45, 7) is 3.34. The molecule has 0 aliphatic heterocycles. The summed E-state index contributed by atoms with van der Waals surface area (Å²) in [6.07, 6.45) is 6.46. The second kappa shape index (κ2) is 10.2. The second-order valence-corrected chi connectivity index (χ2v) is 11.9. The molecule has 39 heavy (non-hydrogen) atoms. The van der Waals surface area contributed by atoms with Crippen LogP contribution in [0.1, 0.15) is 50.2 Å². The second-order valence-electron chi connectivity index (χ2n) is 10.7. The molecule has 0 bridgehead atoms. The van der Waals surface area contributed by atoms with Crippen LogP contribution in [0.5, 0.6) is 0 Å². The molecule has 7 rings (SSSR count). The van der Waals surface area contributed by atoms with E-state index >= 15 is 0 Å². The van der Waals surface area contributed by atoms with Crippen LogP contribution in [0, 0.1) is 15.4 Å². The Kier molecular flexibility index (Phi) is 6.41. The maximum Gasteiger partial charge on any atom is 0.0492 e. The van der Waals surface area contributed by atoms with Crippen LogP contribution in [0.15, 0.2) is 91.0 Å². The molecule has 1 aromatic heterocycles. The van der Waals surface area contributed by atoms with Crippen LogP contribution < -0.4 is 0 Å². The van der Waals surface area contributed by atoms with Gasteiger partial charge < -0.3 is 4.57 Å². The lowest BCUT2D eigenvalue weighted by Gasteiger charge is -2.11. The molecule has 0 spiro atoms. The monoisotopic (exact) mass is 615 g/mol. The van der Waals surface area contributed by atoms with E-state index in [1.165, 1.54) is 89.8 Å². The summed E-state index contributed by atoms with van der Waals surface area (Å²) < 4.78 is 3.79. The summed E-state index contributed by atoms with van der Waals surface area (Å²) in [6, 6.07) is 33.5. The van der Waals surface area contributed by atoms with Crippen LogP contribution in [0.25, 0.3) is 54.1 Å². The van der Waals surface area contributed by atoms with E-state index in [2.05, 4.69) is 137 Å². The lowest BCUT2D eigenvalue weighted by molar-refractivity contribution is 0.584. The van der Waals surface area contributed by atoms with E-state index in [0.717, 1.165) is 17.7 Å². The lowest BCUT2D eigenvalue weighted by atomic mass is 9.92. The normalized spacial score (nSPS) is 11.7. The highest BCUT2D eigenvalue weighted by Crippen LogP contribution is 2.36. The Morgan fingerprint density at radius 3 is 2.13 bits per heavy atom. The maximum atomic E-state index is 3.54. The molecule has 2 heteroatoms. The van der Waals surface area contributed by atoms with E-state index in [0.29, 0.717) is 0 Å². The van der Waals surface area contributed by atoms with E-state index in [9.17, 15) is 0 Å². The topological polar surface area (TPSA) is 4.93 Å². The zero-order valence-electron chi connectivity index (χ0n) is 22.2. The van der Waals surface area contributed by atoms with Crippen LogP contribution >= 0.6 is 22.6 Å². The minimum Gasteiger partial charge on any atom is -0.340 e. The third-order valence-electron chi connectivity index (χ3n) is 8.18. The van der Waals surface area contributed by atoms with Crippen molar-refractivity contribution in [3.8, 4) is 11.8 Å². The van der Waals surface area contributed by atoms with Crippen molar-refractivity contribution in [2.75, 3.05) is 0 Å². The van der Waals surface area contributed by atoms with Crippen molar-refractivity contribution in [2.45, 2.75) is 45.6 Å². The molecule has 0 aliphatic rings. The van der Waals surface area contributed by atoms with E-state index in [1.807, 2.05) is 0 Å². The Bertz CT molecular complexity index is 2030. The molecular weight excluding hydrogens is 585 g/mol. The van der Waals surface area contributed by atoms with Crippen LogP contribution in [0.4, 0.5) is 0 Å². The maximum absolute atomic E-state index is 3.54. The number of rotatable bonds is 6. The van der Waals surface area contributed by atoms with Crippen molar-refractivity contribution in [1.82, 2.24) is 4.57 Å². The zero-order chi connectivity index (χ0) is 26.3. The number of hydrogen-bond acceptors (Lipinski definition) is 0. The molecule has 1 heterocycles. The van der Waals surface area contributed by atoms with Gasteiger partial charge in [-0.3, -0.25) is 0 Å². The molecule has 0 N–H and O–H groups in total. The van der Waals surface area contributed by atoms with Crippen molar-refractivity contribution >= 4 is 76.7 Å². The number of benzene rings is 6. The first-order chi connectivity index (χ1) is 19.2. The van der Waals surface area contributed by atoms with Gasteiger partial charge >= 0.3 is 0 Å². The van der Waals surface area contributed by atoms with E-state index in [1.54, 1.807) is 0 Å². The Labute approximate surface area is 243 Å². The average Bonchev–Trinajstić information content (AvgIpc) is 3.27. The van der Waals surface area contributed by atoms with Gasteiger partial charge in [0.15, 0.2) is 0 Å². The summed E-state index contributed by atoms with van der Waals surface area (Å²) in [7, 11) is 0. The molecule has 6 aromatic carbocycles. The van der Waals surface area contributed by atoms with E-state index in [4.69, 9.17) is 0 Å². The average molecular weight is 616 g/mol. The van der Waals surface area contributed by atoms with Gasteiger partial charge in [-0.15, -0.1) is 0 Å². The van der Waals surface area contributed by atoms with Gasteiger partial charge in [-0.1, -0.05) is 93.0 Å². The van der Waals surface area contributed by atoms with Crippen molar-refractivity contribution in [3.63, 3.8) is 0 Å². The number of halogens is 1. The number of fused-ring (bicyclic) bond motifs is 3. The van der Waals surface area contributed by atoms with Gasteiger partial charge in [-0.05, 0) is 104 Å². The molecule has 0 fully saturated rings. The van der Waals surface area contributed by atoms with Gasteiger partial charge in [0.25, 0.3) is 0 Å². The molecule has 0 radical (unpaired) electrons. The molecule has 0 unspecified atom stereocenters.